The van der Waals surface area contributed by atoms with Crippen molar-refractivity contribution in [2.24, 2.45) is 0 Å². The molecule has 1 fully saturated rings. The first-order chi connectivity index (χ1) is 12.3. The maximum Gasteiger partial charge on any atom is 0.255 e. The van der Waals surface area contributed by atoms with Gasteiger partial charge in [0.25, 0.3) is 5.91 Å². The highest BCUT2D eigenvalue weighted by atomic mass is 32.2. The second kappa shape index (κ2) is 6.72. The topological polar surface area (TPSA) is 101 Å². The van der Waals surface area contributed by atoms with Gasteiger partial charge in [-0.15, -0.1) is 0 Å². The Balaban J connectivity index is 1.78. The second-order valence-corrected chi connectivity index (χ2v) is 7.80. The van der Waals surface area contributed by atoms with E-state index in [0.29, 0.717) is 16.8 Å². The summed E-state index contributed by atoms with van der Waals surface area (Å²) in [5.41, 5.74) is 1.47. The summed E-state index contributed by atoms with van der Waals surface area (Å²) in [6.45, 7) is 1.44. The molecule has 0 saturated carbocycles. The normalized spacial score (nSPS) is 15.7. The van der Waals surface area contributed by atoms with Crippen molar-refractivity contribution < 1.29 is 22.8 Å². The molecule has 26 heavy (non-hydrogen) atoms. The van der Waals surface area contributed by atoms with Gasteiger partial charge in [-0.3, -0.25) is 14.4 Å². The molecule has 1 saturated heterocycles. The zero-order valence-corrected chi connectivity index (χ0v) is 14.7. The van der Waals surface area contributed by atoms with Crippen LogP contribution in [0.5, 0.6) is 0 Å². The Morgan fingerprint density at radius 1 is 1.04 bits per heavy atom. The molecule has 1 aliphatic rings. The van der Waals surface area contributed by atoms with E-state index in [1.54, 1.807) is 24.3 Å². The van der Waals surface area contributed by atoms with Crippen molar-refractivity contribution in [2.45, 2.75) is 13.3 Å². The van der Waals surface area contributed by atoms with Gasteiger partial charge in [0.05, 0.1) is 11.4 Å². The Labute approximate surface area is 150 Å². The minimum Gasteiger partial charge on any atom is -0.322 e. The molecule has 2 amide bonds. The van der Waals surface area contributed by atoms with E-state index in [1.165, 1.54) is 31.2 Å². The molecule has 0 aromatic heterocycles. The lowest BCUT2D eigenvalue weighted by Gasteiger charge is -2.15. The molecule has 7 nitrogen and oxygen atoms in total. The Morgan fingerprint density at radius 2 is 1.73 bits per heavy atom. The average molecular weight is 372 g/mol. The predicted octanol–water partition coefficient (Wildman–Crippen LogP) is 2.21. The lowest BCUT2D eigenvalue weighted by atomic mass is 10.1. The number of rotatable bonds is 4. The van der Waals surface area contributed by atoms with Gasteiger partial charge in [0.1, 0.15) is 0 Å². The number of hydrogen-bond donors (Lipinski definition) is 1. The first-order valence-corrected chi connectivity index (χ1v) is 9.47. The number of amides is 2. The van der Waals surface area contributed by atoms with E-state index in [2.05, 4.69) is 5.32 Å². The maximum atomic E-state index is 12.3. The van der Waals surface area contributed by atoms with Crippen LogP contribution in [0, 0.1) is 0 Å². The SMILES string of the molecule is CC(=O)c1cccc(NC(=O)c2ccc(N3C(=O)CCS3(=O)=O)cc2)c1. The summed E-state index contributed by atoms with van der Waals surface area (Å²) >= 11 is 0. The molecule has 0 atom stereocenters. The van der Waals surface area contributed by atoms with Gasteiger partial charge in [-0.2, -0.15) is 0 Å². The minimum absolute atomic E-state index is 0.0446. The molecule has 2 aromatic carbocycles. The molecule has 1 aliphatic heterocycles. The predicted molar refractivity (Wildman–Crippen MR) is 96.7 cm³/mol. The zero-order chi connectivity index (χ0) is 18.9. The van der Waals surface area contributed by atoms with Crippen LogP contribution in [0.1, 0.15) is 34.1 Å². The lowest BCUT2D eigenvalue weighted by molar-refractivity contribution is -0.116. The summed E-state index contributed by atoms with van der Waals surface area (Å²) in [5.74, 6) is -1.21. The van der Waals surface area contributed by atoms with Crippen LogP contribution in [0.4, 0.5) is 11.4 Å². The number of Topliss-reactive ketones (excluding diaryl/α,β-unsaturated/α-hetero) is 1. The van der Waals surface area contributed by atoms with Gasteiger partial charge in [0.2, 0.25) is 15.9 Å². The molecule has 0 bridgehead atoms. The number of benzene rings is 2. The molecular formula is C18H16N2O5S. The number of nitrogens with one attached hydrogen (secondary N) is 1. The Bertz CT molecular complexity index is 996. The van der Waals surface area contributed by atoms with E-state index in [0.717, 1.165) is 4.31 Å². The molecule has 134 valence electrons. The number of sulfonamides is 1. The smallest absolute Gasteiger partial charge is 0.255 e. The van der Waals surface area contributed by atoms with Gasteiger partial charge < -0.3 is 5.32 Å². The molecule has 0 radical (unpaired) electrons. The number of carbonyl (C=O) groups excluding carboxylic acids is 3. The number of ketones is 1. The molecular weight excluding hydrogens is 356 g/mol. The van der Waals surface area contributed by atoms with E-state index in [-0.39, 0.29) is 23.6 Å². The fourth-order valence-electron chi connectivity index (χ4n) is 2.64. The second-order valence-electron chi connectivity index (χ2n) is 5.86. The molecule has 3 rings (SSSR count). The van der Waals surface area contributed by atoms with Crippen molar-refractivity contribution in [2.75, 3.05) is 15.4 Å². The van der Waals surface area contributed by atoms with Crippen LogP contribution in [0.3, 0.4) is 0 Å². The van der Waals surface area contributed by atoms with E-state index in [9.17, 15) is 22.8 Å². The third-order valence-electron chi connectivity index (χ3n) is 3.97. The van der Waals surface area contributed by atoms with Crippen molar-refractivity contribution in [3.8, 4) is 0 Å². The van der Waals surface area contributed by atoms with Crippen molar-refractivity contribution in [1.29, 1.82) is 0 Å². The third-order valence-corrected chi connectivity index (χ3v) is 5.66. The van der Waals surface area contributed by atoms with Crippen LogP contribution in [0.15, 0.2) is 48.5 Å². The minimum atomic E-state index is -3.63. The third kappa shape index (κ3) is 3.50. The highest BCUT2D eigenvalue weighted by Crippen LogP contribution is 2.25. The van der Waals surface area contributed by atoms with Crippen molar-refractivity contribution in [3.05, 3.63) is 59.7 Å². The summed E-state index contributed by atoms with van der Waals surface area (Å²) in [6, 6.07) is 12.3. The molecule has 1 heterocycles. The van der Waals surface area contributed by atoms with Gasteiger partial charge >= 0.3 is 0 Å². The van der Waals surface area contributed by atoms with E-state index >= 15 is 0 Å². The van der Waals surface area contributed by atoms with Crippen LogP contribution >= 0.6 is 0 Å². The van der Waals surface area contributed by atoms with Gasteiger partial charge in [-0.05, 0) is 43.3 Å². The molecule has 8 heteroatoms. The van der Waals surface area contributed by atoms with Gasteiger partial charge in [0, 0.05) is 23.2 Å². The van der Waals surface area contributed by atoms with Crippen LogP contribution < -0.4 is 9.62 Å². The fraction of sp³-hybridized carbons (Fsp3) is 0.167. The van der Waals surface area contributed by atoms with E-state index < -0.39 is 21.8 Å². The fourth-order valence-corrected chi connectivity index (χ4v) is 4.10. The van der Waals surface area contributed by atoms with Crippen LogP contribution in [0.25, 0.3) is 0 Å². The summed E-state index contributed by atoms with van der Waals surface area (Å²) in [6.07, 6.45) is -0.0446. The molecule has 0 spiro atoms. The Morgan fingerprint density at radius 3 is 2.31 bits per heavy atom. The van der Waals surface area contributed by atoms with Crippen LogP contribution in [0.2, 0.25) is 0 Å². The Hall–Kier alpha value is -3.00. The largest absolute Gasteiger partial charge is 0.322 e. The zero-order valence-electron chi connectivity index (χ0n) is 13.9. The lowest BCUT2D eigenvalue weighted by Crippen LogP contribution is -2.29. The monoisotopic (exact) mass is 372 g/mol. The first kappa shape index (κ1) is 17.8. The number of hydrogen-bond acceptors (Lipinski definition) is 5. The van der Waals surface area contributed by atoms with Crippen molar-refractivity contribution in [1.82, 2.24) is 0 Å². The summed E-state index contributed by atoms with van der Waals surface area (Å²) in [5, 5.41) is 2.68. The van der Waals surface area contributed by atoms with Crippen molar-refractivity contribution in [3.63, 3.8) is 0 Å². The van der Waals surface area contributed by atoms with Gasteiger partial charge in [-0.25, -0.2) is 12.7 Å². The molecule has 0 unspecified atom stereocenters. The maximum absolute atomic E-state index is 12.3. The highest BCUT2D eigenvalue weighted by Gasteiger charge is 2.36. The van der Waals surface area contributed by atoms with Crippen LogP contribution in [-0.2, 0) is 14.8 Å². The highest BCUT2D eigenvalue weighted by molar-refractivity contribution is 7.94. The molecule has 0 aliphatic carbocycles. The summed E-state index contributed by atoms with van der Waals surface area (Å²) in [4.78, 5) is 35.5. The van der Waals surface area contributed by atoms with E-state index in [4.69, 9.17) is 0 Å². The van der Waals surface area contributed by atoms with E-state index in [1.807, 2.05) is 0 Å². The first-order valence-electron chi connectivity index (χ1n) is 7.86. The quantitative estimate of drug-likeness (QED) is 0.829. The number of carbonyl (C=O) groups is 3. The summed E-state index contributed by atoms with van der Waals surface area (Å²) < 4.78 is 24.6. The van der Waals surface area contributed by atoms with Gasteiger partial charge in [0.15, 0.2) is 5.78 Å². The van der Waals surface area contributed by atoms with Crippen molar-refractivity contribution >= 4 is 39.0 Å². The molecule has 2 aromatic rings. The van der Waals surface area contributed by atoms with Gasteiger partial charge in [-0.1, -0.05) is 12.1 Å². The summed E-state index contributed by atoms with van der Waals surface area (Å²) in [7, 11) is -3.63. The average Bonchev–Trinajstić information content (AvgIpc) is 2.88. The Kier molecular flexibility index (Phi) is 4.60. The standard InChI is InChI=1S/C18H16N2O5S/c1-12(21)14-3-2-4-15(11-14)19-18(23)13-5-7-16(8-6-13)20-17(22)9-10-26(20,24)25/h2-8,11H,9-10H2,1H3,(H,19,23). The number of nitrogens with zero attached hydrogens (tertiary/aromatic N) is 1. The molecule has 1 N–H and O–H groups in total. The number of anilines is 2. The van der Waals surface area contributed by atoms with Crippen LogP contribution in [-0.4, -0.2) is 31.8 Å².